The highest BCUT2D eigenvalue weighted by Crippen LogP contribution is 2.30. The Morgan fingerprint density at radius 2 is 2.33 bits per heavy atom. The van der Waals surface area contributed by atoms with Crippen LogP contribution in [0.15, 0.2) is 12.2 Å². The fourth-order valence-electron chi connectivity index (χ4n) is 1.12. The smallest absolute Gasteiger partial charge is 0.0859 e. The summed E-state index contributed by atoms with van der Waals surface area (Å²) in [4.78, 5) is 0. The van der Waals surface area contributed by atoms with Crippen LogP contribution in [0.25, 0.3) is 0 Å². The van der Waals surface area contributed by atoms with Gasteiger partial charge < -0.3 is 4.74 Å². The van der Waals surface area contributed by atoms with Crippen molar-refractivity contribution in [1.29, 1.82) is 0 Å². The minimum Gasteiger partial charge on any atom is -0.371 e. The van der Waals surface area contributed by atoms with Gasteiger partial charge in [-0.25, -0.2) is 0 Å². The molecule has 0 aliphatic carbocycles. The van der Waals surface area contributed by atoms with E-state index in [0.717, 1.165) is 18.6 Å². The van der Waals surface area contributed by atoms with Gasteiger partial charge in [0, 0.05) is 6.61 Å². The Labute approximate surface area is 56.7 Å². The lowest BCUT2D eigenvalue weighted by Crippen LogP contribution is -2.23. The molecule has 9 heavy (non-hydrogen) atoms. The van der Waals surface area contributed by atoms with E-state index in [1.165, 1.54) is 6.42 Å². The van der Waals surface area contributed by atoms with E-state index in [2.05, 4.69) is 13.5 Å². The Kier molecular flexibility index (Phi) is 1.62. The molecule has 1 unspecified atom stereocenters. The molecular weight excluding hydrogens is 112 g/mol. The van der Waals surface area contributed by atoms with Gasteiger partial charge in [-0.1, -0.05) is 6.58 Å². The van der Waals surface area contributed by atoms with Gasteiger partial charge in [0.05, 0.1) is 5.60 Å². The molecule has 1 heteroatoms. The van der Waals surface area contributed by atoms with Crippen molar-refractivity contribution in [1.82, 2.24) is 0 Å². The fraction of sp³-hybridized carbons (Fsp3) is 0.750. The van der Waals surface area contributed by atoms with Crippen LogP contribution in [-0.2, 0) is 4.74 Å². The Bertz CT molecular complexity index is 121. The molecule has 1 rings (SSSR count). The Morgan fingerprint density at radius 3 is 2.56 bits per heavy atom. The molecule has 1 saturated heterocycles. The summed E-state index contributed by atoms with van der Waals surface area (Å²) < 4.78 is 5.50. The molecule has 0 spiro atoms. The van der Waals surface area contributed by atoms with Crippen LogP contribution >= 0.6 is 0 Å². The third-order valence-corrected chi connectivity index (χ3v) is 2.12. The average molecular weight is 126 g/mol. The molecule has 0 aromatic carbocycles. The van der Waals surface area contributed by atoms with Crippen molar-refractivity contribution in [3.05, 3.63) is 12.2 Å². The Balaban J connectivity index is 2.61. The molecule has 1 fully saturated rings. The van der Waals surface area contributed by atoms with Crippen molar-refractivity contribution >= 4 is 0 Å². The molecular formula is C8H14O. The highest BCUT2D eigenvalue weighted by atomic mass is 16.5. The lowest BCUT2D eigenvalue weighted by Gasteiger charge is -2.22. The first-order valence-electron chi connectivity index (χ1n) is 3.45. The average Bonchev–Trinajstić information content (AvgIpc) is 2.16. The second kappa shape index (κ2) is 2.14. The predicted molar refractivity (Wildman–Crippen MR) is 38.4 cm³/mol. The van der Waals surface area contributed by atoms with E-state index in [0.29, 0.717) is 0 Å². The van der Waals surface area contributed by atoms with E-state index < -0.39 is 0 Å². The zero-order chi connectivity index (χ0) is 6.91. The van der Waals surface area contributed by atoms with Gasteiger partial charge in [-0.2, -0.15) is 0 Å². The lowest BCUT2D eigenvalue weighted by atomic mass is 9.95. The van der Waals surface area contributed by atoms with Crippen LogP contribution in [0.5, 0.6) is 0 Å². The van der Waals surface area contributed by atoms with E-state index in [1.807, 2.05) is 6.92 Å². The molecule has 0 aromatic rings. The zero-order valence-corrected chi connectivity index (χ0v) is 6.24. The van der Waals surface area contributed by atoms with E-state index in [1.54, 1.807) is 0 Å². The number of rotatable bonds is 1. The summed E-state index contributed by atoms with van der Waals surface area (Å²) >= 11 is 0. The van der Waals surface area contributed by atoms with Crippen LogP contribution in [0.1, 0.15) is 26.7 Å². The van der Waals surface area contributed by atoms with E-state index in [-0.39, 0.29) is 5.60 Å². The summed E-state index contributed by atoms with van der Waals surface area (Å²) in [5.74, 6) is 0. The van der Waals surface area contributed by atoms with Gasteiger partial charge in [0.1, 0.15) is 0 Å². The molecule has 0 N–H and O–H groups in total. The lowest BCUT2D eigenvalue weighted by molar-refractivity contribution is 0.0518. The first-order chi connectivity index (χ1) is 4.15. The van der Waals surface area contributed by atoms with Crippen molar-refractivity contribution in [3.63, 3.8) is 0 Å². The number of ether oxygens (including phenoxy) is 1. The topological polar surface area (TPSA) is 9.23 Å². The fourth-order valence-corrected chi connectivity index (χ4v) is 1.12. The van der Waals surface area contributed by atoms with Gasteiger partial charge >= 0.3 is 0 Å². The molecule has 0 radical (unpaired) electrons. The third-order valence-electron chi connectivity index (χ3n) is 2.12. The minimum absolute atomic E-state index is 0. The SMILES string of the molecule is C=C(C)C1(C)CCCO1. The molecule has 1 heterocycles. The normalized spacial score (nSPS) is 34.9. The van der Waals surface area contributed by atoms with Crippen LogP contribution in [0.4, 0.5) is 0 Å². The van der Waals surface area contributed by atoms with Crippen molar-refractivity contribution < 1.29 is 4.74 Å². The summed E-state index contributed by atoms with van der Waals surface area (Å²) in [5.41, 5.74) is 1.15. The van der Waals surface area contributed by atoms with Gasteiger partial charge in [-0.3, -0.25) is 0 Å². The Morgan fingerprint density at radius 1 is 1.67 bits per heavy atom. The standard InChI is InChI=1S/C8H14O/c1-7(2)8(3)5-4-6-9-8/h1,4-6H2,2-3H3. The first kappa shape index (κ1) is 6.81. The van der Waals surface area contributed by atoms with Crippen molar-refractivity contribution in [2.75, 3.05) is 6.61 Å². The van der Waals surface area contributed by atoms with Crippen LogP contribution in [-0.4, -0.2) is 12.2 Å². The van der Waals surface area contributed by atoms with Crippen molar-refractivity contribution in [3.8, 4) is 0 Å². The molecule has 1 aliphatic heterocycles. The van der Waals surface area contributed by atoms with Crippen molar-refractivity contribution in [2.45, 2.75) is 32.3 Å². The van der Waals surface area contributed by atoms with Crippen LogP contribution in [0, 0.1) is 0 Å². The minimum atomic E-state index is 0. The molecule has 0 aromatic heterocycles. The van der Waals surface area contributed by atoms with Crippen LogP contribution < -0.4 is 0 Å². The number of hydrogen-bond acceptors (Lipinski definition) is 1. The van der Waals surface area contributed by atoms with Gasteiger partial charge in [-0.05, 0) is 32.3 Å². The molecule has 1 aliphatic rings. The van der Waals surface area contributed by atoms with Gasteiger partial charge in [0.25, 0.3) is 0 Å². The monoisotopic (exact) mass is 126 g/mol. The van der Waals surface area contributed by atoms with Gasteiger partial charge in [0.2, 0.25) is 0 Å². The second-order valence-electron chi connectivity index (χ2n) is 2.96. The first-order valence-corrected chi connectivity index (χ1v) is 3.45. The maximum atomic E-state index is 5.50. The van der Waals surface area contributed by atoms with Crippen molar-refractivity contribution in [2.24, 2.45) is 0 Å². The maximum absolute atomic E-state index is 5.50. The maximum Gasteiger partial charge on any atom is 0.0859 e. The molecule has 0 saturated carbocycles. The largest absolute Gasteiger partial charge is 0.371 e. The van der Waals surface area contributed by atoms with E-state index in [4.69, 9.17) is 4.74 Å². The summed E-state index contributed by atoms with van der Waals surface area (Å²) in [6.07, 6.45) is 2.33. The molecule has 0 amide bonds. The molecule has 0 bridgehead atoms. The second-order valence-corrected chi connectivity index (χ2v) is 2.96. The van der Waals surface area contributed by atoms with E-state index in [9.17, 15) is 0 Å². The molecule has 1 nitrogen and oxygen atoms in total. The predicted octanol–water partition coefficient (Wildman–Crippen LogP) is 2.13. The summed E-state index contributed by atoms with van der Waals surface area (Å²) in [5, 5.41) is 0. The Hall–Kier alpha value is -0.300. The summed E-state index contributed by atoms with van der Waals surface area (Å²) in [6, 6.07) is 0. The number of hydrogen-bond donors (Lipinski definition) is 0. The highest BCUT2D eigenvalue weighted by Gasteiger charge is 2.29. The molecule has 52 valence electrons. The van der Waals surface area contributed by atoms with Gasteiger partial charge in [-0.15, -0.1) is 0 Å². The highest BCUT2D eigenvalue weighted by molar-refractivity contribution is 5.09. The molecule has 1 atom stereocenters. The zero-order valence-electron chi connectivity index (χ0n) is 6.24. The third kappa shape index (κ3) is 1.16. The van der Waals surface area contributed by atoms with E-state index >= 15 is 0 Å². The quantitative estimate of drug-likeness (QED) is 0.489. The van der Waals surface area contributed by atoms with Gasteiger partial charge in [0.15, 0.2) is 0 Å². The summed E-state index contributed by atoms with van der Waals surface area (Å²) in [6.45, 7) is 8.94. The van der Waals surface area contributed by atoms with Crippen LogP contribution in [0.3, 0.4) is 0 Å². The van der Waals surface area contributed by atoms with Crippen LogP contribution in [0.2, 0.25) is 0 Å². The summed E-state index contributed by atoms with van der Waals surface area (Å²) in [7, 11) is 0.